The van der Waals surface area contributed by atoms with Crippen molar-refractivity contribution in [1.82, 2.24) is 9.80 Å². The standard InChI is InChI=1S/C26H32FN3O5/c1-16-13-30(18(3)31)17(2)15-35-23-12-19(28-25(32)20-8-6-7-9-22(20)27)10-11-21(23)26(33)29(4)14-24(16)34-5/h6-12,16-17,24H,13-15H2,1-5H3,(H,28,32)/t16-,17+,24+/m0/s1. The Morgan fingerprint density at radius 2 is 1.86 bits per heavy atom. The molecule has 0 radical (unpaired) electrons. The smallest absolute Gasteiger partial charge is 0.258 e. The third-order valence-corrected chi connectivity index (χ3v) is 6.23. The molecule has 3 atom stereocenters. The lowest BCUT2D eigenvalue weighted by Gasteiger charge is -2.35. The van der Waals surface area contributed by atoms with E-state index in [0.717, 1.165) is 0 Å². The van der Waals surface area contributed by atoms with Crippen molar-refractivity contribution in [2.75, 3.05) is 39.2 Å². The molecule has 1 aliphatic heterocycles. The van der Waals surface area contributed by atoms with Crippen LogP contribution in [0.15, 0.2) is 42.5 Å². The Bertz CT molecular complexity index is 1090. The molecular formula is C26H32FN3O5. The van der Waals surface area contributed by atoms with E-state index in [4.69, 9.17) is 9.47 Å². The van der Waals surface area contributed by atoms with E-state index >= 15 is 0 Å². The van der Waals surface area contributed by atoms with Gasteiger partial charge in [0.2, 0.25) is 5.91 Å². The molecule has 9 heteroatoms. The van der Waals surface area contributed by atoms with Gasteiger partial charge in [0.1, 0.15) is 18.2 Å². The van der Waals surface area contributed by atoms with Gasteiger partial charge in [-0.05, 0) is 31.2 Å². The summed E-state index contributed by atoms with van der Waals surface area (Å²) < 4.78 is 25.7. The van der Waals surface area contributed by atoms with Gasteiger partial charge >= 0.3 is 0 Å². The number of nitrogens with one attached hydrogen (secondary N) is 1. The van der Waals surface area contributed by atoms with Crippen molar-refractivity contribution in [3.8, 4) is 5.75 Å². The fourth-order valence-electron chi connectivity index (χ4n) is 4.13. The molecule has 2 aromatic rings. The van der Waals surface area contributed by atoms with Gasteiger partial charge in [0.25, 0.3) is 11.8 Å². The average molecular weight is 486 g/mol. The SMILES string of the molecule is CO[C@@H]1CN(C)C(=O)c2ccc(NC(=O)c3ccccc3F)cc2OC[C@@H](C)N(C(C)=O)C[C@@H]1C. The number of rotatable bonds is 3. The molecule has 0 aliphatic carbocycles. The van der Waals surface area contributed by atoms with Crippen LogP contribution in [-0.2, 0) is 9.53 Å². The first-order valence-electron chi connectivity index (χ1n) is 11.5. The van der Waals surface area contributed by atoms with E-state index in [1.54, 1.807) is 42.2 Å². The maximum absolute atomic E-state index is 14.0. The number of hydrogen-bond donors (Lipinski definition) is 1. The quantitative estimate of drug-likeness (QED) is 0.720. The van der Waals surface area contributed by atoms with Crippen molar-refractivity contribution in [3.05, 3.63) is 59.4 Å². The monoisotopic (exact) mass is 485 g/mol. The van der Waals surface area contributed by atoms with Crippen LogP contribution in [0.3, 0.4) is 0 Å². The second kappa shape index (κ2) is 11.3. The van der Waals surface area contributed by atoms with Crippen molar-refractivity contribution in [3.63, 3.8) is 0 Å². The van der Waals surface area contributed by atoms with Crippen molar-refractivity contribution in [2.45, 2.75) is 32.9 Å². The Morgan fingerprint density at radius 1 is 1.14 bits per heavy atom. The number of halogens is 1. The van der Waals surface area contributed by atoms with Gasteiger partial charge in [-0.3, -0.25) is 14.4 Å². The predicted octanol–water partition coefficient (Wildman–Crippen LogP) is 3.43. The molecular weight excluding hydrogens is 453 g/mol. The minimum Gasteiger partial charge on any atom is -0.491 e. The fourth-order valence-corrected chi connectivity index (χ4v) is 4.13. The van der Waals surface area contributed by atoms with Gasteiger partial charge in [0.05, 0.1) is 23.3 Å². The first-order valence-corrected chi connectivity index (χ1v) is 11.5. The molecule has 0 aromatic heterocycles. The van der Waals surface area contributed by atoms with Gasteiger partial charge in [0, 0.05) is 51.8 Å². The van der Waals surface area contributed by atoms with Gasteiger partial charge in [0.15, 0.2) is 0 Å². The second-order valence-corrected chi connectivity index (χ2v) is 8.91. The molecule has 2 aromatic carbocycles. The zero-order chi connectivity index (χ0) is 25.7. The molecule has 0 bridgehead atoms. The highest BCUT2D eigenvalue weighted by Crippen LogP contribution is 2.27. The average Bonchev–Trinajstić information content (AvgIpc) is 2.83. The van der Waals surface area contributed by atoms with Crippen molar-refractivity contribution < 1.29 is 28.2 Å². The number of fused-ring (bicyclic) bond motifs is 1. The fraction of sp³-hybridized carbons (Fsp3) is 0.423. The highest BCUT2D eigenvalue weighted by molar-refractivity contribution is 6.05. The number of hydrogen-bond acceptors (Lipinski definition) is 5. The number of anilines is 1. The summed E-state index contributed by atoms with van der Waals surface area (Å²) in [6, 6.07) is 10.1. The van der Waals surface area contributed by atoms with Crippen molar-refractivity contribution in [1.29, 1.82) is 0 Å². The molecule has 0 unspecified atom stereocenters. The summed E-state index contributed by atoms with van der Waals surface area (Å²) in [6.45, 7) is 6.28. The summed E-state index contributed by atoms with van der Waals surface area (Å²) in [5, 5.41) is 2.65. The topological polar surface area (TPSA) is 88.2 Å². The van der Waals surface area contributed by atoms with E-state index in [9.17, 15) is 18.8 Å². The Balaban J connectivity index is 1.95. The molecule has 0 fully saturated rings. The molecule has 1 N–H and O–H groups in total. The normalized spacial score (nSPS) is 21.3. The molecule has 3 amide bonds. The second-order valence-electron chi connectivity index (χ2n) is 8.91. The molecule has 188 valence electrons. The van der Waals surface area contributed by atoms with Crippen LogP contribution in [0.5, 0.6) is 5.75 Å². The van der Waals surface area contributed by atoms with E-state index in [1.165, 1.54) is 31.2 Å². The van der Waals surface area contributed by atoms with Crippen LogP contribution in [0, 0.1) is 11.7 Å². The van der Waals surface area contributed by atoms with E-state index in [-0.39, 0.29) is 47.8 Å². The Morgan fingerprint density at radius 3 is 2.51 bits per heavy atom. The molecule has 1 heterocycles. The summed E-state index contributed by atoms with van der Waals surface area (Å²) in [7, 11) is 3.27. The van der Waals surface area contributed by atoms with Gasteiger partial charge < -0.3 is 24.6 Å². The molecule has 0 saturated heterocycles. The number of methoxy groups -OCH3 is 1. The number of carbonyl (C=O) groups is 3. The number of nitrogens with zero attached hydrogens (tertiary/aromatic N) is 2. The summed E-state index contributed by atoms with van der Waals surface area (Å²) in [5.74, 6) is -1.37. The summed E-state index contributed by atoms with van der Waals surface area (Å²) in [6.07, 6.45) is -0.277. The molecule has 3 rings (SSSR count). The number of ether oxygens (including phenoxy) is 2. The highest BCUT2D eigenvalue weighted by Gasteiger charge is 2.29. The number of amides is 3. The van der Waals surface area contributed by atoms with Crippen LogP contribution in [0.4, 0.5) is 10.1 Å². The maximum atomic E-state index is 14.0. The van der Waals surface area contributed by atoms with E-state index < -0.39 is 11.7 Å². The van der Waals surface area contributed by atoms with Crippen LogP contribution in [0.1, 0.15) is 41.5 Å². The summed E-state index contributed by atoms with van der Waals surface area (Å²) in [4.78, 5) is 41.5. The van der Waals surface area contributed by atoms with E-state index in [0.29, 0.717) is 24.3 Å². The molecule has 35 heavy (non-hydrogen) atoms. The number of carbonyl (C=O) groups excluding carboxylic acids is 3. The Hall–Kier alpha value is -3.46. The van der Waals surface area contributed by atoms with Crippen LogP contribution >= 0.6 is 0 Å². The zero-order valence-corrected chi connectivity index (χ0v) is 20.7. The Labute approximate surface area is 205 Å². The first-order chi connectivity index (χ1) is 16.6. The van der Waals surface area contributed by atoms with Gasteiger partial charge in [-0.15, -0.1) is 0 Å². The van der Waals surface area contributed by atoms with Gasteiger partial charge in [-0.2, -0.15) is 0 Å². The largest absolute Gasteiger partial charge is 0.491 e. The lowest BCUT2D eigenvalue weighted by atomic mass is 10.0. The van der Waals surface area contributed by atoms with Crippen LogP contribution in [0.2, 0.25) is 0 Å². The molecule has 8 nitrogen and oxygen atoms in total. The van der Waals surface area contributed by atoms with Crippen LogP contribution in [0.25, 0.3) is 0 Å². The van der Waals surface area contributed by atoms with Crippen LogP contribution in [-0.4, -0.2) is 73.5 Å². The van der Waals surface area contributed by atoms with Gasteiger partial charge in [-0.25, -0.2) is 4.39 Å². The lowest BCUT2D eigenvalue weighted by molar-refractivity contribution is -0.133. The molecule has 0 spiro atoms. The number of benzene rings is 2. The lowest BCUT2D eigenvalue weighted by Crippen LogP contribution is -2.48. The predicted molar refractivity (Wildman–Crippen MR) is 130 cm³/mol. The molecule has 0 saturated carbocycles. The minimum absolute atomic E-state index is 0.0172. The van der Waals surface area contributed by atoms with Crippen molar-refractivity contribution in [2.24, 2.45) is 5.92 Å². The van der Waals surface area contributed by atoms with Crippen LogP contribution < -0.4 is 10.1 Å². The van der Waals surface area contributed by atoms with Crippen molar-refractivity contribution >= 4 is 23.4 Å². The highest BCUT2D eigenvalue weighted by atomic mass is 19.1. The first kappa shape index (κ1) is 26.2. The van der Waals surface area contributed by atoms with E-state index in [2.05, 4.69) is 5.32 Å². The maximum Gasteiger partial charge on any atom is 0.258 e. The summed E-state index contributed by atoms with van der Waals surface area (Å²) in [5.41, 5.74) is 0.558. The zero-order valence-electron chi connectivity index (χ0n) is 20.7. The third-order valence-electron chi connectivity index (χ3n) is 6.23. The third kappa shape index (κ3) is 6.16. The van der Waals surface area contributed by atoms with E-state index in [1.807, 2.05) is 13.8 Å². The Kier molecular flexibility index (Phi) is 8.45. The number of likely N-dealkylation sites (N-methyl/N-ethyl adjacent to an activating group) is 1. The molecule has 1 aliphatic rings. The minimum atomic E-state index is -0.635. The van der Waals surface area contributed by atoms with Gasteiger partial charge in [-0.1, -0.05) is 19.1 Å². The summed E-state index contributed by atoms with van der Waals surface area (Å²) >= 11 is 0.